The lowest BCUT2D eigenvalue weighted by atomic mass is 10.1. The molecule has 1 aliphatic rings. The Hall–Kier alpha value is -2.21. The summed E-state index contributed by atoms with van der Waals surface area (Å²) in [4.78, 5) is 14.1. The summed E-state index contributed by atoms with van der Waals surface area (Å²) >= 11 is 0. The molecular formula is C17H22N4O2. The van der Waals surface area contributed by atoms with Crippen LogP contribution < -0.4 is 0 Å². The second-order valence-corrected chi connectivity index (χ2v) is 6.23. The summed E-state index contributed by atoms with van der Waals surface area (Å²) in [5.41, 5.74) is 1.45. The van der Waals surface area contributed by atoms with E-state index in [0.29, 0.717) is 18.8 Å². The minimum Gasteiger partial charge on any atom is -0.393 e. The van der Waals surface area contributed by atoms with Crippen molar-refractivity contribution in [2.24, 2.45) is 5.92 Å². The van der Waals surface area contributed by atoms with E-state index in [0.717, 1.165) is 24.8 Å². The van der Waals surface area contributed by atoms with Gasteiger partial charge in [0.2, 0.25) is 0 Å². The highest BCUT2D eigenvalue weighted by atomic mass is 16.3. The number of hydrogen-bond acceptors (Lipinski definition) is 4. The number of aliphatic hydroxyl groups excluding tert-OH is 1. The van der Waals surface area contributed by atoms with Gasteiger partial charge in [0.25, 0.3) is 5.91 Å². The number of rotatable bonds is 5. The monoisotopic (exact) mass is 314 g/mol. The predicted molar refractivity (Wildman–Crippen MR) is 85.9 cm³/mol. The Labute approximate surface area is 135 Å². The van der Waals surface area contributed by atoms with E-state index in [2.05, 4.69) is 10.3 Å². The number of aromatic nitrogens is 3. The molecule has 3 rings (SSSR count). The summed E-state index contributed by atoms with van der Waals surface area (Å²) in [5, 5.41) is 17.9. The SMILES string of the molecule is CN(CC1CCCC1O)C(=O)c1cn(Cc2ccccc2)nn1. The number of carbonyl (C=O) groups is 1. The fourth-order valence-electron chi connectivity index (χ4n) is 3.10. The zero-order chi connectivity index (χ0) is 16.2. The summed E-state index contributed by atoms with van der Waals surface area (Å²) in [7, 11) is 1.75. The van der Waals surface area contributed by atoms with Crippen LogP contribution in [0.15, 0.2) is 36.5 Å². The molecule has 1 fully saturated rings. The van der Waals surface area contributed by atoms with E-state index < -0.39 is 0 Å². The minimum absolute atomic E-state index is 0.150. The molecule has 1 amide bonds. The smallest absolute Gasteiger partial charge is 0.275 e. The van der Waals surface area contributed by atoms with Gasteiger partial charge < -0.3 is 10.0 Å². The molecule has 1 aromatic heterocycles. The predicted octanol–water partition coefficient (Wildman–Crippen LogP) is 1.56. The maximum absolute atomic E-state index is 12.4. The van der Waals surface area contributed by atoms with Gasteiger partial charge in [-0.1, -0.05) is 42.0 Å². The normalized spacial score (nSPS) is 20.6. The molecule has 6 nitrogen and oxygen atoms in total. The third kappa shape index (κ3) is 3.76. The summed E-state index contributed by atoms with van der Waals surface area (Å²) < 4.78 is 1.67. The standard InChI is InChI=1S/C17H22N4O2/c1-20(11-14-8-5-9-16(14)22)17(23)15-12-21(19-18-15)10-13-6-3-2-4-7-13/h2-4,6-7,12,14,16,22H,5,8-11H2,1H3. The van der Waals surface area contributed by atoms with Gasteiger partial charge in [-0.3, -0.25) is 4.79 Å². The van der Waals surface area contributed by atoms with E-state index in [1.807, 2.05) is 30.3 Å². The van der Waals surface area contributed by atoms with Crippen LogP contribution in [0, 0.1) is 5.92 Å². The second kappa shape index (κ2) is 6.91. The van der Waals surface area contributed by atoms with Gasteiger partial charge in [0.1, 0.15) is 0 Å². The average molecular weight is 314 g/mol. The number of carbonyl (C=O) groups excluding carboxylic acids is 1. The van der Waals surface area contributed by atoms with Crippen molar-refractivity contribution in [1.82, 2.24) is 19.9 Å². The molecule has 2 aromatic rings. The van der Waals surface area contributed by atoms with Crippen LogP contribution in [-0.2, 0) is 6.54 Å². The van der Waals surface area contributed by atoms with Crippen LogP contribution in [0.3, 0.4) is 0 Å². The molecule has 2 unspecified atom stereocenters. The van der Waals surface area contributed by atoms with Gasteiger partial charge in [-0.15, -0.1) is 5.10 Å². The van der Waals surface area contributed by atoms with E-state index in [-0.39, 0.29) is 17.9 Å². The summed E-state index contributed by atoms with van der Waals surface area (Å²) in [6.07, 6.45) is 4.22. The van der Waals surface area contributed by atoms with Crippen molar-refractivity contribution < 1.29 is 9.90 Å². The quantitative estimate of drug-likeness (QED) is 0.909. The summed E-state index contributed by atoms with van der Waals surface area (Å²) in [6.45, 7) is 1.15. The zero-order valence-corrected chi connectivity index (χ0v) is 13.3. The number of nitrogens with zero attached hydrogens (tertiary/aromatic N) is 4. The summed E-state index contributed by atoms with van der Waals surface area (Å²) in [6, 6.07) is 9.93. The Morgan fingerprint density at radius 1 is 1.35 bits per heavy atom. The van der Waals surface area contributed by atoms with Gasteiger partial charge in [0.15, 0.2) is 5.69 Å². The molecule has 6 heteroatoms. The summed E-state index contributed by atoms with van der Waals surface area (Å²) in [5.74, 6) is 0.0201. The molecule has 0 radical (unpaired) electrons. The van der Waals surface area contributed by atoms with Crippen LogP contribution in [0.1, 0.15) is 35.3 Å². The van der Waals surface area contributed by atoms with Gasteiger partial charge in [-0.25, -0.2) is 4.68 Å². The van der Waals surface area contributed by atoms with E-state index in [9.17, 15) is 9.90 Å². The second-order valence-electron chi connectivity index (χ2n) is 6.23. The lowest BCUT2D eigenvalue weighted by molar-refractivity contribution is 0.0688. The number of hydrogen-bond donors (Lipinski definition) is 1. The lowest BCUT2D eigenvalue weighted by Gasteiger charge is -2.22. The van der Waals surface area contributed by atoms with Crippen LogP contribution in [0.4, 0.5) is 0 Å². The number of aliphatic hydroxyl groups is 1. The van der Waals surface area contributed by atoms with Gasteiger partial charge in [0, 0.05) is 19.5 Å². The van der Waals surface area contributed by atoms with Gasteiger partial charge in [-0.05, 0) is 18.4 Å². The highest BCUT2D eigenvalue weighted by Crippen LogP contribution is 2.26. The van der Waals surface area contributed by atoms with Gasteiger partial charge in [0.05, 0.1) is 18.8 Å². The van der Waals surface area contributed by atoms with Crippen LogP contribution in [0.5, 0.6) is 0 Å². The topological polar surface area (TPSA) is 71.2 Å². The third-order valence-corrected chi connectivity index (χ3v) is 4.42. The average Bonchev–Trinajstić information content (AvgIpc) is 3.17. The molecule has 2 atom stereocenters. The number of amides is 1. The largest absolute Gasteiger partial charge is 0.393 e. The Morgan fingerprint density at radius 2 is 2.13 bits per heavy atom. The van der Waals surface area contributed by atoms with E-state index in [1.54, 1.807) is 22.8 Å². The molecule has 122 valence electrons. The fourth-order valence-corrected chi connectivity index (χ4v) is 3.10. The number of benzene rings is 1. The lowest BCUT2D eigenvalue weighted by Crippen LogP contribution is -2.34. The van der Waals surface area contributed by atoms with Crippen LogP contribution in [-0.4, -0.2) is 50.6 Å². The Balaban J connectivity index is 1.61. The first kappa shape index (κ1) is 15.7. The molecule has 0 bridgehead atoms. The fraction of sp³-hybridized carbons (Fsp3) is 0.471. The van der Waals surface area contributed by atoms with Crippen molar-refractivity contribution in [3.63, 3.8) is 0 Å². The Kier molecular flexibility index (Phi) is 4.71. The maximum atomic E-state index is 12.4. The molecule has 1 aromatic carbocycles. The van der Waals surface area contributed by atoms with E-state index >= 15 is 0 Å². The third-order valence-electron chi connectivity index (χ3n) is 4.42. The first-order valence-corrected chi connectivity index (χ1v) is 8.01. The maximum Gasteiger partial charge on any atom is 0.275 e. The van der Waals surface area contributed by atoms with Crippen molar-refractivity contribution >= 4 is 5.91 Å². The molecule has 1 aliphatic carbocycles. The highest BCUT2D eigenvalue weighted by Gasteiger charge is 2.28. The van der Waals surface area contributed by atoms with Crippen molar-refractivity contribution in [1.29, 1.82) is 0 Å². The minimum atomic E-state index is -0.293. The van der Waals surface area contributed by atoms with Gasteiger partial charge in [-0.2, -0.15) is 0 Å². The molecule has 0 saturated heterocycles. The molecule has 23 heavy (non-hydrogen) atoms. The highest BCUT2D eigenvalue weighted by molar-refractivity contribution is 5.91. The van der Waals surface area contributed by atoms with Crippen LogP contribution in [0.25, 0.3) is 0 Å². The van der Waals surface area contributed by atoms with E-state index in [4.69, 9.17) is 0 Å². The first-order chi connectivity index (χ1) is 11.1. The molecule has 0 spiro atoms. The van der Waals surface area contributed by atoms with Crippen molar-refractivity contribution in [2.45, 2.75) is 31.9 Å². The van der Waals surface area contributed by atoms with Crippen LogP contribution >= 0.6 is 0 Å². The molecule has 1 saturated carbocycles. The van der Waals surface area contributed by atoms with Gasteiger partial charge >= 0.3 is 0 Å². The molecular weight excluding hydrogens is 292 g/mol. The molecule has 1 N–H and O–H groups in total. The zero-order valence-electron chi connectivity index (χ0n) is 13.3. The van der Waals surface area contributed by atoms with Crippen molar-refractivity contribution in [3.05, 3.63) is 47.8 Å². The molecule has 1 heterocycles. The Morgan fingerprint density at radius 3 is 2.83 bits per heavy atom. The van der Waals surface area contributed by atoms with Crippen LogP contribution in [0.2, 0.25) is 0 Å². The Bertz CT molecular complexity index is 656. The van der Waals surface area contributed by atoms with E-state index in [1.165, 1.54) is 0 Å². The molecule has 0 aliphatic heterocycles. The van der Waals surface area contributed by atoms with Crippen molar-refractivity contribution in [2.75, 3.05) is 13.6 Å². The first-order valence-electron chi connectivity index (χ1n) is 8.01. The van der Waals surface area contributed by atoms with Crippen molar-refractivity contribution in [3.8, 4) is 0 Å².